The standard InChI is InChI=1S/C10H13N3O3.ClH/c1-7-10(13(14)15)4-9(5-12-7)16-6-8-2-3-11-8;/h4-5,8,11H,2-3,6H2,1H3;1H/t8-;/m0./s1. The second-order valence-electron chi connectivity index (χ2n) is 3.78. The Hall–Kier alpha value is -1.40. The van der Waals surface area contributed by atoms with Crippen LogP contribution in [0.25, 0.3) is 0 Å². The van der Waals surface area contributed by atoms with E-state index in [0.717, 1.165) is 13.0 Å². The van der Waals surface area contributed by atoms with E-state index in [-0.39, 0.29) is 18.1 Å². The number of hydrogen-bond donors (Lipinski definition) is 1. The Bertz CT molecular complexity index is 410. The normalized spacial score (nSPS) is 17.8. The van der Waals surface area contributed by atoms with Crippen molar-refractivity contribution in [3.8, 4) is 5.75 Å². The van der Waals surface area contributed by atoms with Crippen LogP contribution in [0.15, 0.2) is 12.3 Å². The Morgan fingerprint density at radius 3 is 2.94 bits per heavy atom. The van der Waals surface area contributed by atoms with E-state index in [2.05, 4.69) is 10.3 Å². The Labute approximate surface area is 105 Å². The zero-order valence-corrected chi connectivity index (χ0v) is 10.2. The lowest BCUT2D eigenvalue weighted by Gasteiger charge is -2.27. The summed E-state index contributed by atoms with van der Waals surface area (Å²) in [6.07, 6.45) is 2.60. The van der Waals surface area contributed by atoms with Crippen LogP contribution in [-0.2, 0) is 0 Å². The van der Waals surface area contributed by atoms with Gasteiger partial charge in [-0.3, -0.25) is 15.1 Å². The van der Waals surface area contributed by atoms with E-state index in [1.807, 2.05) is 0 Å². The van der Waals surface area contributed by atoms with Gasteiger partial charge in [0.05, 0.1) is 17.2 Å². The third-order valence-electron chi connectivity index (χ3n) is 2.61. The molecule has 6 nitrogen and oxygen atoms in total. The van der Waals surface area contributed by atoms with Gasteiger partial charge in [0.1, 0.15) is 18.1 Å². The molecule has 1 saturated heterocycles. The second-order valence-corrected chi connectivity index (χ2v) is 3.78. The molecule has 0 bridgehead atoms. The van der Waals surface area contributed by atoms with Crippen LogP contribution in [0.4, 0.5) is 5.69 Å². The predicted octanol–water partition coefficient (Wildman–Crippen LogP) is 1.46. The minimum atomic E-state index is -0.448. The SMILES string of the molecule is Cc1ncc(OC[C@@H]2CCN2)cc1[N+](=O)[O-].Cl. The van der Waals surface area contributed by atoms with Crippen LogP contribution in [0.3, 0.4) is 0 Å². The number of rotatable bonds is 4. The molecule has 2 rings (SSSR count). The lowest BCUT2D eigenvalue weighted by molar-refractivity contribution is -0.385. The molecule has 0 spiro atoms. The number of ether oxygens (including phenoxy) is 1. The highest BCUT2D eigenvalue weighted by Gasteiger charge is 2.18. The van der Waals surface area contributed by atoms with Gasteiger partial charge in [-0.15, -0.1) is 12.4 Å². The summed E-state index contributed by atoms with van der Waals surface area (Å²) in [7, 11) is 0. The molecule has 1 fully saturated rings. The van der Waals surface area contributed by atoms with Crippen LogP contribution < -0.4 is 10.1 Å². The molecule has 2 heterocycles. The lowest BCUT2D eigenvalue weighted by atomic mass is 10.1. The largest absolute Gasteiger partial charge is 0.490 e. The topological polar surface area (TPSA) is 77.3 Å². The third kappa shape index (κ3) is 3.28. The number of hydrogen-bond acceptors (Lipinski definition) is 5. The molecule has 7 heteroatoms. The van der Waals surface area contributed by atoms with E-state index in [0.29, 0.717) is 24.1 Å². The highest BCUT2D eigenvalue weighted by molar-refractivity contribution is 5.85. The summed E-state index contributed by atoms with van der Waals surface area (Å²) in [4.78, 5) is 14.2. The second kappa shape index (κ2) is 5.79. The van der Waals surface area contributed by atoms with E-state index in [1.165, 1.54) is 12.3 Å². The van der Waals surface area contributed by atoms with Crippen molar-refractivity contribution in [2.45, 2.75) is 19.4 Å². The number of halogens is 1. The zero-order chi connectivity index (χ0) is 11.5. The van der Waals surface area contributed by atoms with E-state index in [4.69, 9.17) is 4.74 Å². The first kappa shape index (κ1) is 13.7. The highest BCUT2D eigenvalue weighted by atomic mass is 35.5. The number of nitro groups is 1. The highest BCUT2D eigenvalue weighted by Crippen LogP contribution is 2.21. The first-order valence-electron chi connectivity index (χ1n) is 5.14. The fraction of sp³-hybridized carbons (Fsp3) is 0.500. The average Bonchev–Trinajstić information content (AvgIpc) is 2.17. The van der Waals surface area contributed by atoms with Crippen LogP contribution in [0.1, 0.15) is 12.1 Å². The minimum absolute atomic E-state index is 0. The molecule has 1 aromatic heterocycles. The van der Waals surface area contributed by atoms with Crippen molar-refractivity contribution in [2.75, 3.05) is 13.2 Å². The summed E-state index contributed by atoms with van der Waals surface area (Å²) < 4.78 is 5.43. The molecular formula is C10H14ClN3O3. The van der Waals surface area contributed by atoms with Crippen molar-refractivity contribution in [1.82, 2.24) is 10.3 Å². The van der Waals surface area contributed by atoms with Crippen LogP contribution in [0.2, 0.25) is 0 Å². The molecule has 0 saturated carbocycles. The van der Waals surface area contributed by atoms with Gasteiger partial charge in [0.2, 0.25) is 0 Å². The van der Waals surface area contributed by atoms with Crippen molar-refractivity contribution in [2.24, 2.45) is 0 Å². The summed E-state index contributed by atoms with van der Waals surface area (Å²) >= 11 is 0. The van der Waals surface area contributed by atoms with Crippen molar-refractivity contribution in [3.05, 3.63) is 28.1 Å². The van der Waals surface area contributed by atoms with Gasteiger partial charge >= 0.3 is 0 Å². The number of aryl methyl sites for hydroxylation is 1. The first-order valence-corrected chi connectivity index (χ1v) is 5.14. The van der Waals surface area contributed by atoms with Gasteiger partial charge in [-0.2, -0.15) is 0 Å². The van der Waals surface area contributed by atoms with Gasteiger partial charge in [-0.1, -0.05) is 0 Å². The summed E-state index contributed by atoms with van der Waals surface area (Å²) in [6, 6.07) is 1.78. The molecule has 17 heavy (non-hydrogen) atoms. The minimum Gasteiger partial charge on any atom is -0.490 e. The van der Waals surface area contributed by atoms with E-state index in [9.17, 15) is 10.1 Å². The van der Waals surface area contributed by atoms with Crippen LogP contribution in [0, 0.1) is 17.0 Å². The van der Waals surface area contributed by atoms with Gasteiger partial charge in [-0.25, -0.2) is 0 Å². The molecular weight excluding hydrogens is 246 g/mol. The van der Waals surface area contributed by atoms with Crippen LogP contribution in [0.5, 0.6) is 5.75 Å². The van der Waals surface area contributed by atoms with Gasteiger partial charge < -0.3 is 10.1 Å². The molecule has 0 amide bonds. The number of nitrogens with zero attached hydrogens (tertiary/aromatic N) is 2. The number of pyridine rings is 1. The molecule has 1 aromatic rings. The summed E-state index contributed by atoms with van der Waals surface area (Å²) in [5.41, 5.74) is 0.401. The first-order chi connectivity index (χ1) is 7.66. The lowest BCUT2D eigenvalue weighted by Crippen LogP contribution is -2.46. The zero-order valence-electron chi connectivity index (χ0n) is 9.38. The molecule has 0 aliphatic carbocycles. The Morgan fingerprint density at radius 2 is 2.41 bits per heavy atom. The Kier molecular flexibility index (Phi) is 4.65. The van der Waals surface area contributed by atoms with Crippen LogP contribution in [-0.4, -0.2) is 29.1 Å². The summed E-state index contributed by atoms with van der Waals surface area (Å²) in [5, 5.41) is 13.9. The molecule has 0 unspecified atom stereocenters. The van der Waals surface area contributed by atoms with E-state index in [1.54, 1.807) is 6.92 Å². The molecule has 0 aromatic carbocycles. The molecule has 1 N–H and O–H groups in total. The van der Waals surface area contributed by atoms with Gasteiger partial charge in [0.15, 0.2) is 0 Å². The molecule has 1 aliphatic heterocycles. The number of nitrogens with one attached hydrogen (secondary N) is 1. The van der Waals surface area contributed by atoms with E-state index < -0.39 is 4.92 Å². The quantitative estimate of drug-likeness (QED) is 0.654. The molecule has 1 aliphatic rings. The maximum absolute atomic E-state index is 10.7. The maximum Gasteiger partial charge on any atom is 0.294 e. The average molecular weight is 260 g/mol. The van der Waals surface area contributed by atoms with Crippen molar-refractivity contribution in [3.63, 3.8) is 0 Å². The molecule has 0 radical (unpaired) electrons. The molecule has 94 valence electrons. The fourth-order valence-corrected chi connectivity index (χ4v) is 1.45. The van der Waals surface area contributed by atoms with Crippen LogP contribution >= 0.6 is 12.4 Å². The maximum atomic E-state index is 10.7. The van der Waals surface area contributed by atoms with E-state index >= 15 is 0 Å². The Balaban J connectivity index is 0.00000144. The van der Waals surface area contributed by atoms with Gasteiger partial charge in [0, 0.05) is 6.04 Å². The monoisotopic (exact) mass is 259 g/mol. The summed E-state index contributed by atoms with van der Waals surface area (Å²) in [6.45, 7) is 3.15. The van der Waals surface area contributed by atoms with Crippen molar-refractivity contribution >= 4 is 18.1 Å². The Morgan fingerprint density at radius 1 is 1.71 bits per heavy atom. The van der Waals surface area contributed by atoms with Gasteiger partial charge in [-0.05, 0) is 19.9 Å². The smallest absolute Gasteiger partial charge is 0.294 e. The van der Waals surface area contributed by atoms with Gasteiger partial charge in [0.25, 0.3) is 5.69 Å². The molecule has 1 atom stereocenters. The third-order valence-corrected chi connectivity index (χ3v) is 2.61. The van der Waals surface area contributed by atoms with Crippen molar-refractivity contribution < 1.29 is 9.66 Å². The summed E-state index contributed by atoms with van der Waals surface area (Å²) in [5.74, 6) is 0.450. The number of aromatic nitrogens is 1. The fourth-order valence-electron chi connectivity index (χ4n) is 1.45. The van der Waals surface area contributed by atoms with Crippen molar-refractivity contribution in [1.29, 1.82) is 0 Å². The predicted molar refractivity (Wildman–Crippen MR) is 64.8 cm³/mol.